The highest BCUT2D eigenvalue weighted by Gasteiger charge is 2.43. The summed E-state index contributed by atoms with van der Waals surface area (Å²) in [7, 11) is 0. The van der Waals surface area contributed by atoms with Crippen LogP contribution in [0.2, 0.25) is 0 Å². The molecule has 2 unspecified atom stereocenters. The second-order valence-electron chi connectivity index (χ2n) is 5.33. The minimum atomic E-state index is 0.599. The van der Waals surface area contributed by atoms with Gasteiger partial charge in [0.2, 0.25) is 0 Å². The summed E-state index contributed by atoms with van der Waals surface area (Å²) in [5.74, 6) is 0.868. The van der Waals surface area contributed by atoms with Crippen molar-refractivity contribution in [1.29, 1.82) is 0 Å². The van der Waals surface area contributed by atoms with Gasteiger partial charge in [-0.2, -0.15) is 0 Å². The summed E-state index contributed by atoms with van der Waals surface area (Å²) < 4.78 is 0. The van der Waals surface area contributed by atoms with Crippen molar-refractivity contribution in [2.24, 2.45) is 5.41 Å². The van der Waals surface area contributed by atoms with Crippen molar-refractivity contribution in [3.8, 4) is 0 Å². The molecule has 0 heterocycles. The van der Waals surface area contributed by atoms with Gasteiger partial charge in [-0.15, -0.1) is 0 Å². The van der Waals surface area contributed by atoms with E-state index >= 15 is 0 Å². The van der Waals surface area contributed by atoms with E-state index in [1.165, 1.54) is 32.1 Å². The maximum atomic E-state index is 2.50. The molecule has 74 valence electrons. The quantitative estimate of drug-likeness (QED) is 0.576. The number of benzene rings is 1. The first kappa shape index (κ1) is 8.52. The van der Waals surface area contributed by atoms with Gasteiger partial charge in [0.25, 0.3) is 0 Å². The fourth-order valence-corrected chi connectivity index (χ4v) is 3.61. The van der Waals surface area contributed by atoms with E-state index in [1.807, 2.05) is 0 Å². The first-order valence-corrected chi connectivity index (χ1v) is 5.87. The third-order valence-electron chi connectivity index (χ3n) is 4.36. The van der Waals surface area contributed by atoms with E-state index in [1.54, 1.807) is 11.1 Å². The average Bonchev–Trinajstić information content (AvgIpc) is 2.49. The van der Waals surface area contributed by atoms with E-state index in [2.05, 4.69) is 31.2 Å². The summed E-state index contributed by atoms with van der Waals surface area (Å²) in [6.45, 7) is 2.50. The zero-order chi connectivity index (χ0) is 9.60. The van der Waals surface area contributed by atoms with Crippen molar-refractivity contribution in [3.63, 3.8) is 0 Å². The van der Waals surface area contributed by atoms with Gasteiger partial charge in [0, 0.05) is 0 Å². The lowest BCUT2D eigenvalue weighted by Crippen LogP contribution is -2.25. The molecule has 0 heteroatoms. The standard InChI is InChI=1S/C14H18/c1-14-9-5-4-8-13(14)12-7-3-2-6-11(12)10-14/h2-3,6-7,13H,4-5,8-10H2,1H3. The molecule has 14 heavy (non-hydrogen) atoms. The molecule has 0 aromatic heterocycles. The first-order chi connectivity index (χ1) is 6.80. The Morgan fingerprint density at radius 1 is 1.21 bits per heavy atom. The van der Waals surface area contributed by atoms with Gasteiger partial charge in [-0.1, -0.05) is 44.0 Å². The fourth-order valence-electron chi connectivity index (χ4n) is 3.61. The van der Waals surface area contributed by atoms with Crippen molar-refractivity contribution < 1.29 is 0 Å². The number of hydrogen-bond donors (Lipinski definition) is 0. The Hall–Kier alpha value is -0.780. The third-order valence-corrected chi connectivity index (χ3v) is 4.36. The zero-order valence-corrected chi connectivity index (χ0v) is 8.92. The minimum Gasteiger partial charge on any atom is -0.0620 e. The van der Waals surface area contributed by atoms with Crippen LogP contribution in [0.15, 0.2) is 24.3 Å². The monoisotopic (exact) mass is 186 g/mol. The van der Waals surface area contributed by atoms with Gasteiger partial charge in [0.1, 0.15) is 0 Å². The Labute approximate surface area is 86.3 Å². The maximum Gasteiger partial charge on any atom is -0.0102 e. The van der Waals surface area contributed by atoms with E-state index in [0.29, 0.717) is 5.41 Å². The Kier molecular flexibility index (Phi) is 1.74. The van der Waals surface area contributed by atoms with Crippen LogP contribution in [-0.2, 0) is 6.42 Å². The first-order valence-electron chi connectivity index (χ1n) is 5.87. The molecule has 0 bridgehead atoms. The molecule has 1 saturated carbocycles. The Balaban J connectivity index is 2.07. The number of hydrogen-bond acceptors (Lipinski definition) is 0. The van der Waals surface area contributed by atoms with Gasteiger partial charge < -0.3 is 0 Å². The van der Waals surface area contributed by atoms with E-state index < -0.39 is 0 Å². The highest BCUT2D eigenvalue weighted by atomic mass is 14.5. The summed E-state index contributed by atoms with van der Waals surface area (Å²) in [6, 6.07) is 9.09. The largest absolute Gasteiger partial charge is 0.0620 e. The van der Waals surface area contributed by atoms with Crippen LogP contribution >= 0.6 is 0 Å². The SMILES string of the molecule is CC12CCCCC1c1ccccc1C2. The van der Waals surface area contributed by atoms with Gasteiger partial charge in [-0.25, -0.2) is 0 Å². The van der Waals surface area contributed by atoms with Crippen LogP contribution in [0.3, 0.4) is 0 Å². The summed E-state index contributed by atoms with van der Waals surface area (Å²) in [5, 5.41) is 0. The smallest absolute Gasteiger partial charge is 0.0102 e. The predicted octanol–water partition coefficient (Wildman–Crippen LogP) is 3.91. The highest BCUT2D eigenvalue weighted by molar-refractivity contribution is 5.38. The van der Waals surface area contributed by atoms with Crippen molar-refractivity contribution in [2.45, 2.75) is 44.9 Å². The molecular weight excluding hydrogens is 168 g/mol. The maximum absolute atomic E-state index is 2.50. The van der Waals surface area contributed by atoms with Gasteiger partial charge in [-0.3, -0.25) is 0 Å². The van der Waals surface area contributed by atoms with Crippen molar-refractivity contribution in [3.05, 3.63) is 35.4 Å². The van der Waals surface area contributed by atoms with Gasteiger partial charge in [-0.05, 0) is 41.7 Å². The van der Waals surface area contributed by atoms with E-state index in [0.717, 1.165) is 5.92 Å². The topological polar surface area (TPSA) is 0 Å². The lowest BCUT2D eigenvalue weighted by molar-refractivity contribution is 0.195. The van der Waals surface area contributed by atoms with Gasteiger partial charge in [0.15, 0.2) is 0 Å². The van der Waals surface area contributed by atoms with Crippen LogP contribution in [-0.4, -0.2) is 0 Å². The Morgan fingerprint density at radius 3 is 3.00 bits per heavy atom. The van der Waals surface area contributed by atoms with Crippen LogP contribution in [0.25, 0.3) is 0 Å². The van der Waals surface area contributed by atoms with Crippen molar-refractivity contribution in [2.75, 3.05) is 0 Å². The molecule has 0 N–H and O–H groups in total. The summed E-state index contributed by atoms with van der Waals surface area (Å²) in [4.78, 5) is 0. The van der Waals surface area contributed by atoms with Gasteiger partial charge in [0.05, 0.1) is 0 Å². The molecule has 0 radical (unpaired) electrons. The second kappa shape index (κ2) is 2.85. The molecule has 0 spiro atoms. The zero-order valence-electron chi connectivity index (χ0n) is 8.92. The molecule has 2 aliphatic carbocycles. The average molecular weight is 186 g/mol. The molecule has 3 rings (SSSR count). The minimum absolute atomic E-state index is 0.599. The fraction of sp³-hybridized carbons (Fsp3) is 0.571. The number of fused-ring (bicyclic) bond motifs is 3. The Bertz CT molecular complexity index is 353. The molecule has 0 amide bonds. The molecule has 0 saturated heterocycles. The van der Waals surface area contributed by atoms with E-state index in [4.69, 9.17) is 0 Å². The molecule has 0 nitrogen and oxygen atoms in total. The van der Waals surface area contributed by atoms with Crippen molar-refractivity contribution >= 4 is 0 Å². The van der Waals surface area contributed by atoms with Crippen LogP contribution in [0.5, 0.6) is 0 Å². The molecule has 1 fully saturated rings. The van der Waals surface area contributed by atoms with Crippen LogP contribution in [0, 0.1) is 5.41 Å². The molecule has 2 atom stereocenters. The lowest BCUT2D eigenvalue weighted by atomic mass is 9.68. The van der Waals surface area contributed by atoms with Crippen LogP contribution in [0.1, 0.15) is 49.7 Å². The Morgan fingerprint density at radius 2 is 2.07 bits per heavy atom. The highest BCUT2D eigenvalue weighted by Crippen LogP contribution is 2.54. The molecule has 1 aromatic rings. The molecule has 2 aliphatic rings. The van der Waals surface area contributed by atoms with E-state index in [9.17, 15) is 0 Å². The normalized spacial score (nSPS) is 35.1. The third kappa shape index (κ3) is 1.06. The molecule has 0 aliphatic heterocycles. The summed E-state index contributed by atoms with van der Waals surface area (Å²) >= 11 is 0. The van der Waals surface area contributed by atoms with Crippen molar-refractivity contribution in [1.82, 2.24) is 0 Å². The number of rotatable bonds is 0. The van der Waals surface area contributed by atoms with Gasteiger partial charge >= 0.3 is 0 Å². The van der Waals surface area contributed by atoms with Crippen LogP contribution < -0.4 is 0 Å². The summed E-state index contributed by atoms with van der Waals surface area (Å²) in [5.41, 5.74) is 3.89. The lowest BCUT2D eigenvalue weighted by Gasteiger charge is -2.36. The van der Waals surface area contributed by atoms with E-state index in [-0.39, 0.29) is 0 Å². The molecule has 1 aromatic carbocycles. The predicted molar refractivity (Wildman–Crippen MR) is 59.5 cm³/mol. The second-order valence-corrected chi connectivity index (χ2v) is 5.33. The van der Waals surface area contributed by atoms with Crippen LogP contribution in [0.4, 0.5) is 0 Å². The molecular formula is C14H18. The summed E-state index contributed by atoms with van der Waals surface area (Å²) in [6.07, 6.45) is 7.07.